The maximum absolute atomic E-state index is 10.9. The van der Waals surface area contributed by atoms with Gasteiger partial charge in [-0.25, -0.2) is 0 Å². The van der Waals surface area contributed by atoms with E-state index in [2.05, 4.69) is 26.0 Å². The second-order valence-corrected chi connectivity index (χ2v) is 6.11. The SMILES string of the molecule is COc1ccc2c(c1)OC(C(C)C)C(c1ccccc1)C2O. The molecular weight excluding hydrogens is 276 g/mol. The summed E-state index contributed by atoms with van der Waals surface area (Å²) in [5.74, 6) is 1.69. The van der Waals surface area contributed by atoms with Crippen LogP contribution in [0.3, 0.4) is 0 Å². The molecule has 1 aliphatic heterocycles. The van der Waals surface area contributed by atoms with E-state index in [0.717, 1.165) is 22.6 Å². The van der Waals surface area contributed by atoms with Crippen molar-refractivity contribution in [2.45, 2.75) is 32.0 Å². The van der Waals surface area contributed by atoms with Gasteiger partial charge in [0.05, 0.1) is 19.1 Å². The lowest BCUT2D eigenvalue weighted by Gasteiger charge is -2.39. The Morgan fingerprint density at radius 1 is 1.09 bits per heavy atom. The molecular formula is C19H22O3. The fraction of sp³-hybridized carbons (Fsp3) is 0.368. The number of hydrogen-bond acceptors (Lipinski definition) is 3. The van der Waals surface area contributed by atoms with E-state index in [1.165, 1.54) is 0 Å². The molecule has 3 nitrogen and oxygen atoms in total. The minimum Gasteiger partial charge on any atom is -0.497 e. The molecule has 0 spiro atoms. The van der Waals surface area contributed by atoms with Crippen LogP contribution in [-0.4, -0.2) is 18.3 Å². The molecule has 3 heteroatoms. The molecule has 116 valence electrons. The molecule has 3 unspecified atom stereocenters. The van der Waals surface area contributed by atoms with Gasteiger partial charge >= 0.3 is 0 Å². The molecule has 0 radical (unpaired) electrons. The Bertz CT molecular complexity index is 636. The standard InChI is InChI=1S/C19H22O3/c1-12(2)19-17(13-7-5-4-6-8-13)18(20)15-10-9-14(21-3)11-16(15)22-19/h4-12,17-20H,1-3H3. The van der Waals surface area contributed by atoms with E-state index in [0.29, 0.717) is 5.92 Å². The van der Waals surface area contributed by atoms with Gasteiger partial charge in [-0.2, -0.15) is 0 Å². The molecule has 1 aliphatic rings. The molecule has 22 heavy (non-hydrogen) atoms. The number of methoxy groups -OCH3 is 1. The largest absolute Gasteiger partial charge is 0.497 e. The Morgan fingerprint density at radius 2 is 1.82 bits per heavy atom. The van der Waals surface area contributed by atoms with Crippen LogP contribution in [0.5, 0.6) is 11.5 Å². The Balaban J connectivity index is 2.06. The van der Waals surface area contributed by atoms with Crippen molar-refractivity contribution in [1.82, 2.24) is 0 Å². The van der Waals surface area contributed by atoms with Crippen LogP contribution in [0.15, 0.2) is 48.5 Å². The molecule has 0 saturated heterocycles. The van der Waals surface area contributed by atoms with Crippen LogP contribution in [-0.2, 0) is 0 Å². The van der Waals surface area contributed by atoms with Crippen molar-refractivity contribution in [3.05, 3.63) is 59.7 Å². The number of hydrogen-bond donors (Lipinski definition) is 1. The van der Waals surface area contributed by atoms with Gasteiger partial charge in [0.25, 0.3) is 0 Å². The second kappa shape index (κ2) is 6.01. The monoisotopic (exact) mass is 298 g/mol. The van der Waals surface area contributed by atoms with E-state index in [1.54, 1.807) is 7.11 Å². The fourth-order valence-electron chi connectivity index (χ4n) is 3.18. The number of benzene rings is 2. The molecule has 1 N–H and O–H groups in total. The summed E-state index contributed by atoms with van der Waals surface area (Å²) in [6.45, 7) is 4.25. The normalized spacial score (nSPS) is 23.8. The summed E-state index contributed by atoms with van der Waals surface area (Å²) in [6.07, 6.45) is -0.651. The van der Waals surface area contributed by atoms with Gasteiger partial charge < -0.3 is 14.6 Å². The molecule has 1 heterocycles. The number of aliphatic hydroxyl groups is 1. The number of aliphatic hydroxyl groups excluding tert-OH is 1. The summed E-state index contributed by atoms with van der Waals surface area (Å²) in [4.78, 5) is 0. The fourth-order valence-corrected chi connectivity index (χ4v) is 3.18. The van der Waals surface area contributed by atoms with Gasteiger partial charge in [-0.3, -0.25) is 0 Å². The van der Waals surface area contributed by atoms with Crippen LogP contribution in [0.25, 0.3) is 0 Å². The van der Waals surface area contributed by atoms with E-state index in [1.807, 2.05) is 36.4 Å². The van der Waals surface area contributed by atoms with E-state index in [-0.39, 0.29) is 12.0 Å². The molecule has 2 aromatic rings. The third kappa shape index (κ3) is 2.57. The Morgan fingerprint density at radius 3 is 2.45 bits per heavy atom. The first-order chi connectivity index (χ1) is 10.6. The molecule has 0 fully saturated rings. The van der Waals surface area contributed by atoms with Crippen LogP contribution >= 0.6 is 0 Å². The smallest absolute Gasteiger partial charge is 0.129 e. The molecule has 2 aromatic carbocycles. The van der Waals surface area contributed by atoms with Gasteiger partial charge in [0.2, 0.25) is 0 Å². The minimum absolute atomic E-state index is 0.0675. The Hall–Kier alpha value is -2.00. The molecule has 0 amide bonds. The maximum Gasteiger partial charge on any atom is 0.129 e. The van der Waals surface area contributed by atoms with Crippen molar-refractivity contribution in [3.8, 4) is 11.5 Å². The molecule has 0 saturated carbocycles. The van der Waals surface area contributed by atoms with Crippen molar-refractivity contribution in [3.63, 3.8) is 0 Å². The van der Waals surface area contributed by atoms with Crippen LogP contribution in [0.4, 0.5) is 0 Å². The van der Waals surface area contributed by atoms with Gasteiger partial charge in [-0.15, -0.1) is 0 Å². The third-order valence-corrected chi connectivity index (χ3v) is 4.34. The second-order valence-electron chi connectivity index (χ2n) is 6.11. The average molecular weight is 298 g/mol. The van der Waals surface area contributed by atoms with E-state index in [9.17, 15) is 5.11 Å². The molecule has 3 atom stereocenters. The zero-order valence-corrected chi connectivity index (χ0v) is 13.2. The first kappa shape index (κ1) is 14.9. The van der Waals surface area contributed by atoms with Gasteiger partial charge in [0, 0.05) is 11.6 Å². The van der Waals surface area contributed by atoms with Crippen molar-refractivity contribution in [2.24, 2.45) is 5.92 Å². The Labute approximate surface area is 131 Å². The van der Waals surface area contributed by atoms with E-state index < -0.39 is 6.10 Å². The lowest BCUT2D eigenvalue weighted by atomic mass is 9.78. The highest BCUT2D eigenvalue weighted by atomic mass is 16.5. The lowest BCUT2D eigenvalue weighted by Crippen LogP contribution is -2.38. The predicted molar refractivity (Wildman–Crippen MR) is 86.4 cm³/mol. The van der Waals surface area contributed by atoms with Crippen LogP contribution in [0.2, 0.25) is 0 Å². The molecule has 0 aliphatic carbocycles. The maximum atomic E-state index is 10.9. The van der Waals surface area contributed by atoms with Gasteiger partial charge in [-0.1, -0.05) is 44.2 Å². The van der Waals surface area contributed by atoms with Crippen LogP contribution in [0, 0.1) is 5.92 Å². The summed E-state index contributed by atoms with van der Waals surface area (Å²) in [7, 11) is 1.63. The first-order valence-corrected chi connectivity index (χ1v) is 7.69. The summed E-state index contributed by atoms with van der Waals surface area (Å²) in [6, 6.07) is 15.7. The van der Waals surface area contributed by atoms with Crippen molar-refractivity contribution >= 4 is 0 Å². The molecule has 3 rings (SSSR count). The minimum atomic E-state index is -0.579. The highest BCUT2D eigenvalue weighted by Crippen LogP contribution is 2.46. The van der Waals surface area contributed by atoms with Gasteiger partial charge in [-0.05, 0) is 23.6 Å². The summed E-state index contributed by atoms with van der Waals surface area (Å²) in [5.41, 5.74) is 1.93. The van der Waals surface area contributed by atoms with E-state index in [4.69, 9.17) is 9.47 Å². The number of fused-ring (bicyclic) bond motifs is 1. The Kier molecular flexibility index (Phi) is 4.08. The topological polar surface area (TPSA) is 38.7 Å². The molecule has 0 bridgehead atoms. The van der Waals surface area contributed by atoms with Crippen molar-refractivity contribution < 1.29 is 14.6 Å². The third-order valence-electron chi connectivity index (χ3n) is 4.34. The van der Waals surface area contributed by atoms with Crippen LogP contribution in [0.1, 0.15) is 37.0 Å². The first-order valence-electron chi connectivity index (χ1n) is 7.69. The zero-order valence-electron chi connectivity index (χ0n) is 13.2. The number of ether oxygens (including phenoxy) is 2. The van der Waals surface area contributed by atoms with Gasteiger partial charge in [0.1, 0.15) is 17.6 Å². The zero-order chi connectivity index (χ0) is 15.7. The quantitative estimate of drug-likeness (QED) is 0.933. The summed E-state index contributed by atoms with van der Waals surface area (Å²) < 4.78 is 11.5. The lowest BCUT2D eigenvalue weighted by molar-refractivity contribution is 0.0162. The van der Waals surface area contributed by atoms with E-state index >= 15 is 0 Å². The highest BCUT2D eigenvalue weighted by molar-refractivity contribution is 5.46. The highest BCUT2D eigenvalue weighted by Gasteiger charge is 2.40. The predicted octanol–water partition coefficient (Wildman–Crippen LogP) is 3.93. The van der Waals surface area contributed by atoms with Crippen molar-refractivity contribution in [1.29, 1.82) is 0 Å². The number of rotatable bonds is 3. The van der Waals surface area contributed by atoms with Crippen molar-refractivity contribution in [2.75, 3.05) is 7.11 Å². The van der Waals surface area contributed by atoms with Gasteiger partial charge in [0.15, 0.2) is 0 Å². The average Bonchev–Trinajstić information content (AvgIpc) is 2.54. The molecule has 0 aromatic heterocycles. The summed E-state index contributed by atoms with van der Waals surface area (Å²) in [5, 5.41) is 10.9. The summed E-state index contributed by atoms with van der Waals surface area (Å²) >= 11 is 0. The van der Waals surface area contributed by atoms with Crippen LogP contribution < -0.4 is 9.47 Å².